The van der Waals surface area contributed by atoms with Crippen LogP contribution in [0.3, 0.4) is 0 Å². The Morgan fingerprint density at radius 3 is 1.56 bits per heavy atom. The SMILES string of the molecule is CO[P+](=O)O[P+](=O)OC. The van der Waals surface area contributed by atoms with Crippen molar-refractivity contribution in [1.82, 2.24) is 0 Å². The third-order valence-corrected chi connectivity index (χ3v) is 2.09. The zero-order valence-electron chi connectivity index (χ0n) is 4.94. The molecule has 0 aromatic heterocycles. The molecule has 0 heterocycles. The van der Waals surface area contributed by atoms with Crippen LogP contribution in [0.25, 0.3) is 0 Å². The molecule has 0 radical (unpaired) electrons. The monoisotopic (exact) mass is 172 g/mol. The van der Waals surface area contributed by atoms with Crippen LogP contribution in [0.1, 0.15) is 0 Å². The first-order valence-electron chi connectivity index (χ1n) is 1.91. The number of hydrogen-bond acceptors (Lipinski definition) is 5. The Morgan fingerprint density at radius 1 is 1.00 bits per heavy atom. The molecule has 0 aromatic carbocycles. The summed E-state index contributed by atoms with van der Waals surface area (Å²) >= 11 is 0. The van der Waals surface area contributed by atoms with Gasteiger partial charge in [0.2, 0.25) is 0 Å². The second-order valence-electron chi connectivity index (χ2n) is 0.894. The largest absolute Gasteiger partial charge is 0.747 e. The van der Waals surface area contributed by atoms with Crippen molar-refractivity contribution in [3.8, 4) is 0 Å². The van der Waals surface area contributed by atoms with Gasteiger partial charge in [-0.05, 0) is 0 Å². The van der Waals surface area contributed by atoms with E-state index in [1.54, 1.807) is 0 Å². The summed E-state index contributed by atoms with van der Waals surface area (Å²) in [6.45, 7) is 0. The highest BCUT2D eigenvalue weighted by Gasteiger charge is 2.37. The molecule has 2 atom stereocenters. The highest BCUT2D eigenvalue weighted by atomic mass is 31.2. The van der Waals surface area contributed by atoms with Gasteiger partial charge in [0.05, 0.1) is 14.2 Å². The number of rotatable bonds is 4. The normalized spacial score (nSPS) is 13.1. The third kappa shape index (κ3) is 4.58. The molecule has 52 valence electrons. The van der Waals surface area contributed by atoms with Gasteiger partial charge < -0.3 is 0 Å². The Kier molecular flexibility index (Phi) is 4.96. The van der Waals surface area contributed by atoms with Gasteiger partial charge in [0.1, 0.15) is 0 Å². The van der Waals surface area contributed by atoms with Gasteiger partial charge in [-0.15, -0.1) is 9.05 Å². The summed E-state index contributed by atoms with van der Waals surface area (Å²) in [6, 6.07) is 0. The summed E-state index contributed by atoms with van der Waals surface area (Å²) in [5.74, 6) is 0. The Labute approximate surface area is 54.2 Å². The van der Waals surface area contributed by atoms with E-state index in [1.165, 1.54) is 14.2 Å². The van der Waals surface area contributed by atoms with E-state index in [4.69, 9.17) is 0 Å². The minimum atomic E-state index is -2.28. The molecule has 0 rings (SSSR count). The highest BCUT2D eigenvalue weighted by molar-refractivity contribution is 7.47. The summed E-state index contributed by atoms with van der Waals surface area (Å²) in [4.78, 5) is 0. The molecule has 0 spiro atoms. The fourth-order valence-electron chi connectivity index (χ4n) is 0.121. The lowest BCUT2D eigenvalue weighted by Crippen LogP contribution is -1.70. The second kappa shape index (κ2) is 4.91. The highest BCUT2D eigenvalue weighted by Crippen LogP contribution is 2.37. The van der Waals surface area contributed by atoms with E-state index in [0.717, 1.165) is 0 Å². The average molecular weight is 172 g/mol. The predicted molar refractivity (Wildman–Crippen MR) is 30.3 cm³/mol. The Morgan fingerprint density at radius 2 is 1.33 bits per heavy atom. The van der Waals surface area contributed by atoms with Crippen LogP contribution in [0, 0.1) is 0 Å². The first-order valence-corrected chi connectivity index (χ1v) is 4.10. The molecule has 0 saturated carbocycles. The van der Waals surface area contributed by atoms with Gasteiger partial charge >= 0.3 is 16.5 Å². The molecule has 7 heteroatoms. The molecule has 5 nitrogen and oxygen atoms in total. The van der Waals surface area contributed by atoms with E-state index in [-0.39, 0.29) is 0 Å². The van der Waals surface area contributed by atoms with Crippen LogP contribution < -0.4 is 0 Å². The molecular formula is C2H6O5P2+2. The van der Waals surface area contributed by atoms with Crippen molar-refractivity contribution in [3.63, 3.8) is 0 Å². The molecular weight excluding hydrogens is 166 g/mol. The second-order valence-corrected chi connectivity index (χ2v) is 3.17. The van der Waals surface area contributed by atoms with Gasteiger partial charge in [-0.2, -0.15) is 0 Å². The minimum Gasteiger partial charge on any atom is -0.120 e. The Bertz CT molecular complexity index is 108. The van der Waals surface area contributed by atoms with Crippen LogP contribution in [-0.4, -0.2) is 14.2 Å². The lowest BCUT2D eigenvalue weighted by atomic mass is 11.8. The van der Waals surface area contributed by atoms with E-state index in [9.17, 15) is 9.13 Å². The van der Waals surface area contributed by atoms with Crippen molar-refractivity contribution >= 4 is 16.5 Å². The topological polar surface area (TPSA) is 61.8 Å². The summed E-state index contributed by atoms with van der Waals surface area (Å²) in [5.41, 5.74) is 0. The van der Waals surface area contributed by atoms with E-state index in [0.29, 0.717) is 0 Å². The summed E-state index contributed by atoms with van der Waals surface area (Å²) in [7, 11) is -2.21. The van der Waals surface area contributed by atoms with Crippen molar-refractivity contribution in [2.24, 2.45) is 0 Å². The van der Waals surface area contributed by atoms with E-state index >= 15 is 0 Å². The maximum absolute atomic E-state index is 10.2. The average Bonchev–Trinajstić information content (AvgIpc) is 1.87. The van der Waals surface area contributed by atoms with Crippen molar-refractivity contribution < 1.29 is 22.5 Å². The smallest absolute Gasteiger partial charge is 0.120 e. The summed E-state index contributed by atoms with van der Waals surface area (Å²) in [5, 5.41) is 0. The van der Waals surface area contributed by atoms with Crippen LogP contribution in [-0.2, 0) is 22.5 Å². The van der Waals surface area contributed by atoms with Crippen LogP contribution in [0.2, 0.25) is 0 Å². The van der Waals surface area contributed by atoms with Crippen molar-refractivity contribution in [2.45, 2.75) is 0 Å². The van der Waals surface area contributed by atoms with E-state index in [2.05, 4.69) is 13.4 Å². The fourth-order valence-corrected chi connectivity index (χ4v) is 1.09. The molecule has 9 heavy (non-hydrogen) atoms. The van der Waals surface area contributed by atoms with Crippen molar-refractivity contribution in [2.75, 3.05) is 14.2 Å². The van der Waals surface area contributed by atoms with Gasteiger partial charge in [-0.3, -0.25) is 0 Å². The van der Waals surface area contributed by atoms with Crippen molar-refractivity contribution in [3.05, 3.63) is 0 Å². The standard InChI is InChI=1S/C2H6O5P2/c1-5-8(3)7-9(4)6-2/h1-2H3/q+2. The predicted octanol–water partition coefficient (Wildman–Crippen LogP) is 1.61. The van der Waals surface area contributed by atoms with Crippen molar-refractivity contribution in [1.29, 1.82) is 0 Å². The van der Waals surface area contributed by atoms with Gasteiger partial charge in [0.25, 0.3) is 0 Å². The Balaban J connectivity index is 3.47. The molecule has 0 aliphatic carbocycles. The molecule has 0 bridgehead atoms. The quantitative estimate of drug-likeness (QED) is 0.602. The molecule has 0 fully saturated rings. The van der Waals surface area contributed by atoms with E-state index < -0.39 is 16.5 Å². The fraction of sp³-hybridized carbons (Fsp3) is 1.00. The van der Waals surface area contributed by atoms with Crippen LogP contribution >= 0.6 is 16.5 Å². The van der Waals surface area contributed by atoms with Gasteiger partial charge in [-0.1, -0.05) is 0 Å². The molecule has 0 N–H and O–H groups in total. The third-order valence-electron chi connectivity index (χ3n) is 0.431. The zero-order valence-corrected chi connectivity index (χ0v) is 6.72. The molecule has 0 aliphatic heterocycles. The molecule has 0 amide bonds. The first kappa shape index (κ1) is 9.08. The Hall–Kier alpha value is 0.0800. The maximum Gasteiger partial charge on any atom is 0.747 e. The van der Waals surface area contributed by atoms with Gasteiger partial charge in [0.15, 0.2) is 4.31 Å². The number of hydrogen-bond donors (Lipinski definition) is 0. The van der Waals surface area contributed by atoms with Gasteiger partial charge in [-0.25, -0.2) is 0 Å². The lowest BCUT2D eigenvalue weighted by molar-refractivity contribution is 0.310. The summed E-state index contributed by atoms with van der Waals surface area (Å²) in [6.07, 6.45) is 0. The van der Waals surface area contributed by atoms with Crippen LogP contribution in [0.4, 0.5) is 0 Å². The first-order chi connectivity index (χ1) is 4.20. The van der Waals surface area contributed by atoms with Crippen LogP contribution in [0.5, 0.6) is 0 Å². The molecule has 2 unspecified atom stereocenters. The lowest BCUT2D eigenvalue weighted by Gasteiger charge is -1.66. The van der Waals surface area contributed by atoms with Crippen LogP contribution in [0.15, 0.2) is 0 Å². The van der Waals surface area contributed by atoms with Gasteiger partial charge in [0, 0.05) is 9.13 Å². The zero-order chi connectivity index (χ0) is 7.28. The molecule has 0 aromatic rings. The minimum absolute atomic E-state index is 1.18. The molecule has 0 saturated heterocycles. The molecule has 0 aliphatic rings. The maximum atomic E-state index is 10.2. The summed E-state index contributed by atoms with van der Waals surface area (Å²) < 4.78 is 32.9. The van der Waals surface area contributed by atoms with E-state index in [1.807, 2.05) is 0 Å².